The predicted molar refractivity (Wildman–Crippen MR) is 26.3 cm³/mol. The first-order chi connectivity index (χ1) is 3.81. The lowest BCUT2D eigenvalue weighted by molar-refractivity contribution is -0.183. The number of hydrogen-bond acceptors (Lipinski definition) is 0. The van der Waals surface area contributed by atoms with Crippen molar-refractivity contribution in [3.8, 4) is 0 Å². The Morgan fingerprint density at radius 1 is 1.22 bits per heavy atom. The minimum absolute atomic E-state index is 0.134. The van der Waals surface area contributed by atoms with E-state index in [2.05, 4.69) is 11.6 Å². The molecule has 56 valence electrons. The maximum Gasteiger partial charge on any atom is 0.323 e. The van der Waals surface area contributed by atoms with Gasteiger partial charge in [0.15, 0.2) is 0 Å². The average Bonchev–Trinajstić information content (AvgIpc) is 1.64. The summed E-state index contributed by atoms with van der Waals surface area (Å²) in [5.41, 5.74) is 0. The fourth-order valence-corrected chi connectivity index (χ4v) is 0.352. The molecular weight excluding hydrogens is 159 g/mol. The first kappa shape index (κ1) is 9.01. The zero-order valence-corrected chi connectivity index (χ0v) is 5.35. The van der Waals surface area contributed by atoms with Crippen molar-refractivity contribution in [2.45, 2.75) is 18.8 Å². The molecule has 0 atom stereocenters. The van der Waals surface area contributed by atoms with Crippen LogP contribution in [0, 0.1) is 0 Å². The third-order valence-corrected chi connectivity index (χ3v) is 1.15. The highest BCUT2D eigenvalue weighted by Gasteiger charge is 2.51. The monoisotopic (exact) mass is 164 g/mol. The predicted octanol–water partition coefficient (Wildman–Crippen LogP) is 2.52. The first-order valence-electron chi connectivity index (χ1n) is 2.13. The van der Waals surface area contributed by atoms with Crippen LogP contribution in [0.25, 0.3) is 0 Å². The molecule has 0 aromatic heterocycles. The summed E-state index contributed by atoms with van der Waals surface area (Å²) in [6.07, 6.45) is 0. The van der Waals surface area contributed by atoms with Crippen molar-refractivity contribution < 1.29 is 17.6 Å². The molecule has 0 unspecified atom stereocenters. The second-order valence-electron chi connectivity index (χ2n) is 1.73. The molecule has 0 fully saturated rings. The van der Waals surface area contributed by atoms with Crippen LogP contribution < -0.4 is 0 Å². The summed E-state index contributed by atoms with van der Waals surface area (Å²) in [6, 6.07) is 0. The molecule has 0 heterocycles. The standard InChI is InChI=1S/C4H5ClF4/c1-3(6,7)4(8,9)2-5/h2H2,1H3. The molecule has 0 saturated heterocycles. The maximum atomic E-state index is 11.8. The number of halogens is 5. The van der Waals surface area contributed by atoms with Gasteiger partial charge in [-0.15, -0.1) is 11.6 Å². The van der Waals surface area contributed by atoms with E-state index in [-0.39, 0.29) is 6.92 Å². The maximum absolute atomic E-state index is 11.8. The molecule has 0 aliphatic heterocycles. The van der Waals surface area contributed by atoms with Crippen molar-refractivity contribution in [1.82, 2.24) is 0 Å². The van der Waals surface area contributed by atoms with Crippen molar-refractivity contribution in [2.24, 2.45) is 0 Å². The summed E-state index contributed by atoms with van der Waals surface area (Å²) in [5, 5.41) is 0. The van der Waals surface area contributed by atoms with E-state index in [1.54, 1.807) is 0 Å². The largest absolute Gasteiger partial charge is 0.323 e. The Bertz CT molecular complexity index is 95.2. The van der Waals surface area contributed by atoms with Gasteiger partial charge >= 0.3 is 11.8 Å². The lowest BCUT2D eigenvalue weighted by Crippen LogP contribution is -2.39. The molecule has 0 amide bonds. The van der Waals surface area contributed by atoms with Gasteiger partial charge in [0.2, 0.25) is 0 Å². The van der Waals surface area contributed by atoms with Gasteiger partial charge in [-0.1, -0.05) is 0 Å². The van der Waals surface area contributed by atoms with Gasteiger partial charge < -0.3 is 0 Å². The van der Waals surface area contributed by atoms with Gasteiger partial charge in [0.05, 0.1) is 5.88 Å². The Hall–Kier alpha value is 0.01000. The van der Waals surface area contributed by atoms with Gasteiger partial charge in [0.25, 0.3) is 0 Å². The Balaban J connectivity index is 4.14. The summed E-state index contributed by atoms with van der Waals surface area (Å²) in [4.78, 5) is 0. The molecule has 9 heavy (non-hydrogen) atoms. The van der Waals surface area contributed by atoms with E-state index in [0.717, 1.165) is 0 Å². The van der Waals surface area contributed by atoms with Crippen LogP contribution in [0.1, 0.15) is 6.92 Å². The summed E-state index contributed by atoms with van der Waals surface area (Å²) in [7, 11) is 0. The number of hydrogen-bond donors (Lipinski definition) is 0. The topological polar surface area (TPSA) is 0 Å². The van der Waals surface area contributed by atoms with Crippen LogP contribution >= 0.6 is 11.6 Å². The Labute approximate surface area is 54.8 Å². The van der Waals surface area contributed by atoms with Gasteiger partial charge in [0.1, 0.15) is 0 Å². The van der Waals surface area contributed by atoms with Gasteiger partial charge in [-0.2, -0.15) is 8.78 Å². The van der Waals surface area contributed by atoms with Crippen LogP contribution in [0.15, 0.2) is 0 Å². The fraction of sp³-hybridized carbons (Fsp3) is 1.00. The molecule has 0 aromatic carbocycles. The molecule has 0 saturated carbocycles. The smallest absolute Gasteiger partial charge is 0.200 e. The van der Waals surface area contributed by atoms with Crippen molar-refractivity contribution in [1.29, 1.82) is 0 Å². The summed E-state index contributed by atoms with van der Waals surface area (Å²) < 4.78 is 46.9. The van der Waals surface area contributed by atoms with Crippen molar-refractivity contribution in [2.75, 3.05) is 5.88 Å². The SMILES string of the molecule is CC(F)(F)C(F)(F)CCl. The van der Waals surface area contributed by atoms with E-state index in [0.29, 0.717) is 0 Å². The van der Waals surface area contributed by atoms with E-state index in [4.69, 9.17) is 0 Å². The zero-order valence-electron chi connectivity index (χ0n) is 4.60. The van der Waals surface area contributed by atoms with Crippen LogP contribution in [-0.4, -0.2) is 17.7 Å². The Morgan fingerprint density at radius 2 is 1.56 bits per heavy atom. The Morgan fingerprint density at radius 3 is 1.56 bits per heavy atom. The quantitative estimate of drug-likeness (QED) is 0.435. The molecule has 5 heteroatoms. The highest BCUT2D eigenvalue weighted by Crippen LogP contribution is 2.34. The Kier molecular flexibility index (Phi) is 2.33. The average molecular weight is 165 g/mol. The fourth-order valence-electron chi connectivity index (χ4n) is 0.117. The van der Waals surface area contributed by atoms with Gasteiger partial charge in [-0.3, -0.25) is 0 Å². The van der Waals surface area contributed by atoms with Crippen molar-refractivity contribution in [3.05, 3.63) is 0 Å². The van der Waals surface area contributed by atoms with Gasteiger partial charge in [0, 0.05) is 6.92 Å². The van der Waals surface area contributed by atoms with Crippen LogP contribution in [0.3, 0.4) is 0 Å². The van der Waals surface area contributed by atoms with Crippen LogP contribution in [-0.2, 0) is 0 Å². The van der Waals surface area contributed by atoms with E-state index in [1.165, 1.54) is 0 Å². The summed E-state index contributed by atoms with van der Waals surface area (Å²) in [6.45, 7) is 0.134. The second-order valence-corrected chi connectivity index (χ2v) is 1.99. The normalized spacial score (nSPS) is 14.0. The molecular formula is C4H5ClF4. The van der Waals surface area contributed by atoms with Crippen molar-refractivity contribution >= 4 is 11.6 Å². The lowest BCUT2D eigenvalue weighted by atomic mass is 10.2. The van der Waals surface area contributed by atoms with E-state index >= 15 is 0 Å². The van der Waals surface area contributed by atoms with Gasteiger partial charge in [-0.05, 0) is 0 Å². The highest BCUT2D eigenvalue weighted by molar-refractivity contribution is 6.18. The molecule has 0 spiro atoms. The minimum atomic E-state index is -4.09. The number of alkyl halides is 5. The molecule has 0 N–H and O–H groups in total. The molecule has 0 aromatic rings. The molecule has 0 aliphatic rings. The zero-order chi connectivity index (χ0) is 7.71. The van der Waals surface area contributed by atoms with Crippen LogP contribution in [0.4, 0.5) is 17.6 Å². The van der Waals surface area contributed by atoms with E-state index < -0.39 is 17.7 Å². The first-order valence-corrected chi connectivity index (χ1v) is 2.66. The number of rotatable bonds is 2. The molecule has 0 rings (SSSR count). The molecule has 0 nitrogen and oxygen atoms in total. The van der Waals surface area contributed by atoms with Crippen LogP contribution in [0.5, 0.6) is 0 Å². The summed E-state index contributed by atoms with van der Waals surface area (Å²) >= 11 is 4.55. The highest BCUT2D eigenvalue weighted by atomic mass is 35.5. The van der Waals surface area contributed by atoms with E-state index in [1.807, 2.05) is 0 Å². The minimum Gasteiger partial charge on any atom is -0.200 e. The molecule has 0 radical (unpaired) electrons. The third kappa shape index (κ3) is 2.01. The van der Waals surface area contributed by atoms with Gasteiger partial charge in [-0.25, -0.2) is 8.78 Å². The van der Waals surface area contributed by atoms with Crippen molar-refractivity contribution in [3.63, 3.8) is 0 Å². The second kappa shape index (κ2) is 2.33. The lowest BCUT2D eigenvalue weighted by Gasteiger charge is -2.19. The van der Waals surface area contributed by atoms with E-state index in [9.17, 15) is 17.6 Å². The summed E-state index contributed by atoms with van der Waals surface area (Å²) in [5.74, 6) is -9.46. The van der Waals surface area contributed by atoms with Crippen LogP contribution in [0.2, 0.25) is 0 Å². The third-order valence-electron chi connectivity index (χ3n) is 0.810. The molecule has 0 aliphatic carbocycles. The molecule has 0 bridgehead atoms.